The molecule has 1 aromatic heterocycles. The maximum Gasteiger partial charge on any atom is 0.137 e. The van der Waals surface area contributed by atoms with Crippen LogP contribution in [0.25, 0.3) is 0 Å². The summed E-state index contributed by atoms with van der Waals surface area (Å²) in [7, 11) is 0. The number of hydrogen-bond donors (Lipinski definition) is 2. The number of aromatic nitrogens is 3. The molecule has 0 atom stereocenters. The quantitative estimate of drug-likeness (QED) is 0.771. The van der Waals surface area contributed by atoms with Crippen molar-refractivity contribution in [3.63, 3.8) is 0 Å². The van der Waals surface area contributed by atoms with Crippen LogP contribution >= 0.6 is 0 Å². The number of benzene rings is 1. The molecular formula is C12H14F2N4. The maximum atomic E-state index is 13.3. The van der Waals surface area contributed by atoms with Gasteiger partial charge in [-0.2, -0.15) is 5.10 Å². The topological polar surface area (TPSA) is 53.6 Å². The second-order valence-corrected chi connectivity index (χ2v) is 3.95. The zero-order chi connectivity index (χ0) is 12.8. The lowest BCUT2D eigenvalue weighted by atomic mass is 10.2. The van der Waals surface area contributed by atoms with Gasteiger partial charge in [0.25, 0.3) is 0 Å². The van der Waals surface area contributed by atoms with Crippen molar-refractivity contribution >= 4 is 0 Å². The number of nitrogens with zero attached hydrogens (tertiary/aromatic N) is 2. The predicted octanol–water partition coefficient (Wildman–Crippen LogP) is 1.81. The first-order valence-electron chi connectivity index (χ1n) is 5.74. The molecule has 0 aliphatic carbocycles. The lowest BCUT2D eigenvalue weighted by Gasteiger charge is -2.05. The van der Waals surface area contributed by atoms with Crippen LogP contribution in [-0.4, -0.2) is 21.7 Å². The summed E-state index contributed by atoms with van der Waals surface area (Å²) < 4.78 is 26.2. The van der Waals surface area contributed by atoms with Crippen molar-refractivity contribution in [2.24, 2.45) is 0 Å². The Labute approximate surface area is 103 Å². The van der Waals surface area contributed by atoms with Crippen LogP contribution in [0.15, 0.2) is 24.5 Å². The number of halogens is 2. The van der Waals surface area contributed by atoms with E-state index in [2.05, 4.69) is 20.5 Å². The minimum Gasteiger partial charge on any atom is -0.313 e. The summed E-state index contributed by atoms with van der Waals surface area (Å²) in [6.45, 7) is 1.02. The molecule has 2 aromatic rings. The molecule has 0 aliphatic rings. The Balaban J connectivity index is 1.70. The zero-order valence-electron chi connectivity index (χ0n) is 9.79. The fraction of sp³-hybridized carbons (Fsp3) is 0.333. The van der Waals surface area contributed by atoms with Crippen LogP contribution in [0, 0.1) is 11.6 Å². The first kappa shape index (κ1) is 12.6. The van der Waals surface area contributed by atoms with Crippen molar-refractivity contribution in [2.45, 2.75) is 19.4 Å². The summed E-state index contributed by atoms with van der Waals surface area (Å²) in [5.41, 5.74) is 0.342. The fourth-order valence-electron chi connectivity index (χ4n) is 1.63. The van der Waals surface area contributed by atoms with Crippen molar-refractivity contribution in [2.75, 3.05) is 6.54 Å². The van der Waals surface area contributed by atoms with E-state index in [1.807, 2.05) is 0 Å². The molecule has 1 heterocycles. The molecule has 0 spiro atoms. The monoisotopic (exact) mass is 252 g/mol. The first-order valence-corrected chi connectivity index (χ1v) is 5.74. The Kier molecular flexibility index (Phi) is 4.35. The summed E-state index contributed by atoms with van der Waals surface area (Å²) in [5, 5.41) is 9.57. The molecular weight excluding hydrogens is 238 g/mol. The highest BCUT2D eigenvalue weighted by Gasteiger charge is 2.03. The van der Waals surface area contributed by atoms with E-state index >= 15 is 0 Å². The zero-order valence-corrected chi connectivity index (χ0v) is 9.79. The summed E-state index contributed by atoms with van der Waals surface area (Å²) in [6, 6.07) is 3.46. The standard InChI is InChI=1S/C12H14F2N4/c13-10-3-4-11(14)9(6-10)7-15-5-1-2-12-16-8-17-18-12/h3-4,6,8,15H,1-2,5,7H2,(H,16,17,18). The molecule has 0 saturated carbocycles. The highest BCUT2D eigenvalue weighted by Crippen LogP contribution is 2.09. The Morgan fingerprint density at radius 3 is 2.94 bits per heavy atom. The first-order chi connectivity index (χ1) is 8.75. The highest BCUT2D eigenvalue weighted by atomic mass is 19.1. The predicted molar refractivity (Wildman–Crippen MR) is 62.8 cm³/mol. The molecule has 0 fully saturated rings. The van der Waals surface area contributed by atoms with Crippen molar-refractivity contribution in [1.82, 2.24) is 20.5 Å². The molecule has 1 aromatic carbocycles. The number of nitrogens with one attached hydrogen (secondary N) is 2. The van der Waals surface area contributed by atoms with Gasteiger partial charge in [-0.15, -0.1) is 0 Å². The van der Waals surface area contributed by atoms with E-state index in [1.165, 1.54) is 12.4 Å². The van der Waals surface area contributed by atoms with E-state index in [0.29, 0.717) is 18.7 Å². The molecule has 0 saturated heterocycles. The van der Waals surface area contributed by atoms with Gasteiger partial charge in [-0.05, 0) is 31.2 Å². The molecule has 18 heavy (non-hydrogen) atoms. The van der Waals surface area contributed by atoms with Gasteiger partial charge in [0.2, 0.25) is 0 Å². The van der Waals surface area contributed by atoms with Crippen LogP contribution < -0.4 is 5.32 Å². The fourth-order valence-corrected chi connectivity index (χ4v) is 1.63. The van der Waals surface area contributed by atoms with Gasteiger partial charge in [0, 0.05) is 18.5 Å². The van der Waals surface area contributed by atoms with Crippen LogP contribution in [0.1, 0.15) is 17.8 Å². The smallest absolute Gasteiger partial charge is 0.137 e. The molecule has 0 aliphatic heterocycles. The van der Waals surface area contributed by atoms with Gasteiger partial charge in [-0.25, -0.2) is 13.8 Å². The van der Waals surface area contributed by atoms with Gasteiger partial charge in [-0.3, -0.25) is 5.10 Å². The normalized spacial score (nSPS) is 10.8. The van der Waals surface area contributed by atoms with Gasteiger partial charge < -0.3 is 5.32 Å². The van der Waals surface area contributed by atoms with Gasteiger partial charge in [0.15, 0.2) is 0 Å². The Hall–Kier alpha value is -1.82. The second kappa shape index (κ2) is 6.20. The number of aryl methyl sites for hydroxylation is 1. The lowest BCUT2D eigenvalue weighted by Crippen LogP contribution is -2.16. The molecule has 0 bridgehead atoms. The SMILES string of the molecule is Fc1ccc(F)c(CNCCCc2ncn[nH]2)c1. The third kappa shape index (κ3) is 3.59. The highest BCUT2D eigenvalue weighted by molar-refractivity contribution is 5.18. The van der Waals surface area contributed by atoms with E-state index < -0.39 is 5.82 Å². The Morgan fingerprint density at radius 2 is 2.17 bits per heavy atom. The van der Waals surface area contributed by atoms with Crippen LogP contribution in [-0.2, 0) is 13.0 Å². The third-order valence-electron chi connectivity index (χ3n) is 2.56. The molecule has 4 nitrogen and oxygen atoms in total. The van der Waals surface area contributed by atoms with Gasteiger partial charge >= 0.3 is 0 Å². The molecule has 0 amide bonds. The minimum absolute atomic E-state index is 0.319. The minimum atomic E-state index is -0.421. The van der Waals surface area contributed by atoms with Crippen LogP contribution in [0.4, 0.5) is 8.78 Å². The van der Waals surface area contributed by atoms with E-state index in [9.17, 15) is 8.78 Å². The molecule has 6 heteroatoms. The van der Waals surface area contributed by atoms with Crippen LogP contribution in [0.3, 0.4) is 0 Å². The number of rotatable bonds is 6. The number of H-pyrrole nitrogens is 1. The number of hydrogen-bond acceptors (Lipinski definition) is 3. The molecule has 96 valence electrons. The molecule has 0 radical (unpaired) electrons. The summed E-state index contributed by atoms with van der Waals surface area (Å²) >= 11 is 0. The Bertz CT molecular complexity index is 485. The number of aromatic amines is 1. The average molecular weight is 252 g/mol. The molecule has 2 rings (SSSR count). The molecule has 0 unspecified atom stereocenters. The van der Waals surface area contributed by atoms with Gasteiger partial charge in [0.1, 0.15) is 23.8 Å². The van der Waals surface area contributed by atoms with E-state index in [4.69, 9.17) is 0 Å². The van der Waals surface area contributed by atoms with Crippen molar-refractivity contribution in [1.29, 1.82) is 0 Å². The van der Waals surface area contributed by atoms with Gasteiger partial charge in [0.05, 0.1) is 0 Å². The van der Waals surface area contributed by atoms with E-state index in [0.717, 1.165) is 30.8 Å². The second-order valence-electron chi connectivity index (χ2n) is 3.95. The van der Waals surface area contributed by atoms with E-state index in [1.54, 1.807) is 0 Å². The average Bonchev–Trinajstić information content (AvgIpc) is 2.86. The van der Waals surface area contributed by atoms with E-state index in [-0.39, 0.29) is 5.82 Å². The maximum absolute atomic E-state index is 13.3. The van der Waals surface area contributed by atoms with Crippen LogP contribution in [0.5, 0.6) is 0 Å². The largest absolute Gasteiger partial charge is 0.313 e. The summed E-state index contributed by atoms with van der Waals surface area (Å²) in [5.74, 6) is 0.0164. The lowest BCUT2D eigenvalue weighted by molar-refractivity contribution is 0.563. The summed E-state index contributed by atoms with van der Waals surface area (Å²) in [4.78, 5) is 3.99. The third-order valence-corrected chi connectivity index (χ3v) is 2.56. The summed E-state index contributed by atoms with van der Waals surface area (Å²) in [6.07, 6.45) is 3.09. The van der Waals surface area contributed by atoms with Crippen molar-refractivity contribution in [3.05, 3.63) is 47.5 Å². The van der Waals surface area contributed by atoms with Gasteiger partial charge in [-0.1, -0.05) is 0 Å². The Morgan fingerprint density at radius 1 is 1.28 bits per heavy atom. The van der Waals surface area contributed by atoms with Crippen molar-refractivity contribution < 1.29 is 8.78 Å². The van der Waals surface area contributed by atoms with Crippen molar-refractivity contribution in [3.8, 4) is 0 Å². The van der Waals surface area contributed by atoms with Crippen LogP contribution in [0.2, 0.25) is 0 Å². The molecule has 2 N–H and O–H groups in total.